The first kappa shape index (κ1) is 17.1. The van der Waals surface area contributed by atoms with Crippen molar-refractivity contribution in [2.75, 3.05) is 0 Å². The molecule has 0 unspecified atom stereocenters. The summed E-state index contributed by atoms with van der Waals surface area (Å²) in [6, 6.07) is 28.7. The van der Waals surface area contributed by atoms with Crippen molar-refractivity contribution in [3.8, 4) is 11.1 Å². The maximum atomic E-state index is 13.6. The van der Waals surface area contributed by atoms with E-state index in [4.69, 9.17) is 0 Å². The molecule has 138 valence electrons. The van der Waals surface area contributed by atoms with Gasteiger partial charge in [-0.25, -0.2) is 0 Å². The predicted octanol–water partition coefficient (Wildman–Crippen LogP) is 5.80. The summed E-state index contributed by atoms with van der Waals surface area (Å²) in [6.07, 6.45) is 2.75. The molecule has 0 aliphatic rings. The second-order valence-electron chi connectivity index (χ2n) is 6.94. The highest BCUT2D eigenvalue weighted by molar-refractivity contribution is 6.19. The van der Waals surface area contributed by atoms with Crippen molar-refractivity contribution >= 4 is 28.4 Å². The highest BCUT2D eigenvalue weighted by Gasteiger charge is 2.26. The number of benzene rings is 3. The number of pyridine rings is 1. The summed E-state index contributed by atoms with van der Waals surface area (Å²) in [5.41, 5.74) is 3.91. The number of aldehydes is 1. The van der Waals surface area contributed by atoms with E-state index in [1.54, 1.807) is 12.1 Å². The van der Waals surface area contributed by atoms with Gasteiger partial charge in [-0.2, -0.15) is 0 Å². The summed E-state index contributed by atoms with van der Waals surface area (Å²) in [7, 11) is 0. The number of rotatable bonds is 4. The summed E-state index contributed by atoms with van der Waals surface area (Å²) >= 11 is 0. The average molecular weight is 375 g/mol. The van der Waals surface area contributed by atoms with Crippen LogP contribution in [0.4, 0.5) is 0 Å². The van der Waals surface area contributed by atoms with E-state index in [9.17, 15) is 9.59 Å². The third-order valence-electron chi connectivity index (χ3n) is 5.29. The SMILES string of the molecule is O=Cc1c(-c2ccccc2)c(C(=O)c2ccccc2)n2ccc3ccccc3c12. The van der Waals surface area contributed by atoms with Crippen LogP contribution in [0.3, 0.4) is 0 Å². The van der Waals surface area contributed by atoms with Gasteiger partial charge in [-0.3, -0.25) is 9.59 Å². The lowest BCUT2D eigenvalue weighted by atomic mass is 9.97. The number of ketones is 1. The highest BCUT2D eigenvalue weighted by atomic mass is 16.1. The number of carbonyl (C=O) groups is 2. The largest absolute Gasteiger partial charge is 0.312 e. The Hall–Kier alpha value is -3.98. The molecule has 0 aliphatic carbocycles. The maximum absolute atomic E-state index is 13.6. The smallest absolute Gasteiger partial charge is 0.210 e. The number of nitrogens with zero attached hydrogens (tertiary/aromatic N) is 1. The topological polar surface area (TPSA) is 38.5 Å². The van der Waals surface area contributed by atoms with E-state index >= 15 is 0 Å². The van der Waals surface area contributed by atoms with Crippen LogP contribution in [0.2, 0.25) is 0 Å². The Balaban J connectivity index is 1.96. The van der Waals surface area contributed by atoms with Crippen molar-refractivity contribution in [1.82, 2.24) is 4.40 Å². The van der Waals surface area contributed by atoms with Gasteiger partial charge < -0.3 is 4.40 Å². The van der Waals surface area contributed by atoms with E-state index < -0.39 is 0 Å². The quantitative estimate of drug-likeness (QED) is 0.294. The van der Waals surface area contributed by atoms with Gasteiger partial charge in [-0.1, -0.05) is 84.9 Å². The Bertz CT molecular complexity index is 1370. The molecular weight excluding hydrogens is 358 g/mol. The van der Waals surface area contributed by atoms with Crippen LogP contribution in [0.25, 0.3) is 27.4 Å². The molecule has 3 heteroatoms. The number of aromatic nitrogens is 1. The zero-order chi connectivity index (χ0) is 19.8. The van der Waals surface area contributed by atoms with Crippen LogP contribution < -0.4 is 0 Å². The molecule has 0 saturated carbocycles. The fourth-order valence-corrected chi connectivity index (χ4v) is 4.01. The first-order chi connectivity index (χ1) is 14.3. The van der Waals surface area contributed by atoms with Gasteiger partial charge in [0, 0.05) is 28.3 Å². The first-order valence-corrected chi connectivity index (χ1v) is 9.45. The molecule has 0 radical (unpaired) electrons. The molecule has 3 aromatic carbocycles. The van der Waals surface area contributed by atoms with Crippen LogP contribution in [-0.2, 0) is 0 Å². The standard InChI is InChI=1S/C26H17NO2/c28-17-22-23(19-10-3-1-4-11-19)25(26(29)20-12-5-2-6-13-20)27-16-15-18-9-7-8-14-21(18)24(22)27/h1-17H. The van der Waals surface area contributed by atoms with Gasteiger partial charge in [0.1, 0.15) is 5.69 Å². The van der Waals surface area contributed by atoms with E-state index in [1.807, 2.05) is 89.5 Å². The Morgan fingerprint density at radius 3 is 2.14 bits per heavy atom. The lowest BCUT2D eigenvalue weighted by Gasteiger charge is -2.07. The second kappa shape index (κ2) is 6.88. The van der Waals surface area contributed by atoms with Gasteiger partial charge in [0.25, 0.3) is 0 Å². The number of hydrogen-bond donors (Lipinski definition) is 0. The molecule has 5 aromatic rings. The molecule has 5 rings (SSSR count). The molecular formula is C26H17NO2. The molecule has 0 spiro atoms. The highest BCUT2D eigenvalue weighted by Crippen LogP contribution is 2.36. The van der Waals surface area contributed by atoms with Crippen molar-refractivity contribution in [1.29, 1.82) is 0 Å². The van der Waals surface area contributed by atoms with Gasteiger partial charge in [0.2, 0.25) is 5.78 Å². The lowest BCUT2D eigenvalue weighted by Crippen LogP contribution is -2.07. The molecule has 2 heterocycles. The normalized spacial score (nSPS) is 11.0. The molecule has 29 heavy (non-hydrogen) atoms. The summed E-state index contributed by atoms with van der Waals surface area (Å²) in [4.78, 5) is 25.9. The Kier molecular flexibility index (Phi) is 4.07. The van der Waals surface area contributed by atoms with E-state index in [0.29, 0.717) is 22.4 Å². The van der Waals surface area contributed by atoms with Crippen LogP contribution in [-0.4, -0.2) is 16.5 Å². The van der Waals surface area contributed by atoms with E-state index in [2.05, 4.69) is 0 Å². The summed E-state index contributed by atoms with van der Waals surface area (Å²) in [5, 5.41) is 1.97. The third-order valence-corrected chi connectivity index (χ3v) is 5.29. The molecule has 0 aliphatic heterocycles. The van der Waals surface area contributed by atoms with Crippen LogP contribution in [0.1, 0.15) is 26.4 Å². The van der Waals surface area contributed by atoms with E-state index in [-0.39, 0.29) is 5.78 Å². The summed E-state index contributed by atoms with van der Waals surface area (Å²) < 4.78 is 1.86. The third kappa shape index (κ3) is 2.67. The first-order valence-electron chi connectivity index (χ1n) is 9.45. The maximum Gasteiger partial charge on any atom is 0.210 e. The van der Waals surface area contributed by atoms with Crippen molar-refractivity contribution in [3.63, 3.8) is 0 Å². The van der Waals surface area contributed by atoms with Crippen molar-refractivity contribution in [3.05, 3.63) is 114 Å². The minimum Gasteiger partial charge on any atom is -0.312 e. The Morgan fingerprint density at radius 1 is 0.759 bits per heavy atom. The van der Waals surface area contributed by atoms with Gasteiger partial charge >= 0.3 is 0 Å². The summed E-state index contributed by atoms with van der Waals surface area (Å²) in [6.45, 7) is 0. The van der Waals surface area contributed by atoms with Gasteiger partial charge in [0.05, 0.1) is 5.52 Å². The van der Waals surface area contributed by atoms with Crippen LogP contribution >= 0.6 is 0 Å². The monoisotopic (exact) mass is 375 g/mol. The minimum atomic E-state index is -0.108. The zero-order valence-electron chi connectivity index (χ0n) is 15.6. The molecule has 2 aromatic heterocycles. The fourth-order valence-electron chi connectivity index (χ4n) is 4.01. The molecule has 0 saturated heterocycles. The Morgan fingerprint density at radius 2 is 1.41 bits per heavy atom. The molecule has 0 amide bonds. The lowest BCUT2D eigenvalue weighted by molar-refractivity contribution is 0.103. The van der Waals surface area contributed by atoms with Crippen LogP contribution in [0.15, 0.2) is 97.2 Å². The zero-order valence-corrected chi connectivity index (χ0v) is 15.6. The number of hydrogen-bond acceptors (Lipinski definition) is 2. The van der Waals surface area contributed by atoms with Crippen LogP contribution in [0.5, 0.6) is 0 Å². The molecule has 0 bridgehead atoms. The Labute approximate surface area is 167 Å². The van der Waals surface area contributed by atoms with E-state index in [1.165, 1.54) is 0 Å². The number of carbonyl (C=O) groups excluding carboxylic acids is 2. The molecule has 0 fully saturated rings. The van der Waals surface area contributed by atoms with Crippen LogP contribution in [0, 0.1) is 0 Å². The fraction of sp³-hybridized carbons (Fsp3) is 0. The van der Waals surface area contributed by atoms with Crippen molar-refractivity contribution in [2.24, 2.45) is 0 Å². The molecule has 0 N–H and O–H groups in total. The second-order valence-corrected chi connectivity index (χ2v) is 6.94. The van der Waals surface area contributed by atoms with Crippen molar-refractivity contribution in [2.45, 2.75) is 0 Å². The molecule has 0 atom stereocenters. The van der Waals surface area contributed by atoms with E-state index in [0.717, 1.165) is 28.1 Å². The van der Waals surface area contributed by atoms with Gasteiger partial charge in [-0.05, 0) is 17.0 Å². The number of fused-ring (bicyclic) bond motifs is 3. The van der Waals surface area contributed by atoms with Crippen molar-refractivity contribution < 1.29 is 9.59 Å². The van der Waals surface area contributed by atoms with Gasteiger partial charge in [0.15, 0.2) is 6.29 Å². The average Bonchev–Trinajstić information content (AvgIpc) is 3.14. The van der Waals surface area contributed by atoms with Gasteiger partial charge in [-0.15, -0.1) is 0 Å². The summed E-state index contributed by atoms with van der Waals surface area (Å²) in [5.74, 6) is -0.108. The molecule has 3 nitrogen and oxygen atoms in total. The minimum absolute atomic E-state index is 0.108. The predicted molar refractivity (Wildman–Crippen MR) is 116 cm³/mol.